The molecule has 2 aromatic heterocycles. The van der Waals surface area contributed by atoms with Crippen molar-refractivity contribution in [2.24, 2.45) is 7.05 Å². The first-order chi connectivity index (χ1) is 7.81. The summed E-state index contributed by atoms with van der Waals surface area (Å²) in [5.41, 5.74) is 2.10. The Morgan fingerprint density at radius 2 is 2.06 bits per heavy atom. The van der Waals surface area contributed by atoms with Crippen molar-refractivity contribution in [3.8, 4) is 11.3 Å². The lowest BCUT2D eigenvalue weighted by Gasteiger charge is -1.95. The number of rotatable bonds is 2. The molecular formula is C10H13I2N3S2. The van der Waals surface area contributed by atoms with Crippen LogP contribution in [0.2, 0.25) is 0 Å². The van der Waals surface area contributed by atoms with E-state index in [1.807, 2.05) is 35.1 Å². The number of halogens is 2. The molecule has 17 heavy (non-hydrogen) atoms. The van der Waals surface area contributed by atoms with Gasteiger partial charge in [0.25, 0.3) is 0 Å². The van der Waals surface area contributed by atoms with Crippen LogP contribution in [0, 0.1) is 0 Å². The van der Waals surface area contributed by atoms with E-state index < -0.39 is 0 Å². The summed E-state index contributed by atoms with van der Waals surface area (Å²) in [4.78, 5) is 1.97. The van der Waals surface area contributed by atoms with E-state index in [0.717, 1.165) is 16.3 Å². The van der Waals surface area contributed by atoms with Gasteiger partial charge in [-0.1, -0.05) is 22.6 Å². The Kier molecular flexibility index (Phi) is 9.74. The lowest BCUT2D eigenvalue weighted by atomic mass is 10.2. The fourth-order valence-corrected chi connectivity index (χ4v) is 2.51. The van der Waals surface area contributed by atoms with Crippen molar-refractivity contribution in [1.82, 2.24) is 8.75 Å². The van der Waals surface area contributed by atoms with Gasteiger partial charge in [-0.15, -0.1) is 11.8 Å². The van der Waals surface area contributed by atoms with Gasteiger partial charge in [-0.05, 0) is 17.3 Å². The topological polar surface area (TPSA) is 29.7 Å². The Hall–Kier alpha value is 0.520. The van der Waals surface area contributed by atoms with Gasteiger partial charge in [-0.2, -0.15) is 8.75 Å². The Balaban J connectivity index is 0.000000811. The summed E-state index contributed by atoms with van der Waals surface area (Å²) < 4.78 is 10.5. The van der Waals surface area contributed by atoms with Crippen molar-refractivity contribution in [2.45, 2.75) is 5.03 Å². The minimum Gasteiger partial charge on any atom is -1.00 e. The van der Waals surface area contributed by atoms with Gasteiger partial charge in [0.05, 0.1) is 17.3 Å². The van der Waals surface area contributed by atoms with Crippen LogP contribution in [0.15, 0.2) is 29.6 Å². The van der Waals surface area contributed by atoms with Crippen LogP contribution < -0.4 is 28.5 Å². The highest BCUT2D eigenvalue weighted by atomic mass is 127. The number of hydrogen-bond acceptors (Lipinski definition) is 4. The van der Waals surface area contributed by atoms with Crippen LogP contribution in [-0.4, -0.2) is 19.9 Å². The molecule has 0 bridgehead atoms. The molecule has 2 aromatic rings. The zero-order chi connectivity index (χ0) is 12.0. The van der Waals surface area contributed by atoms with Gasteiger partial charge < -0.3 is 24.0 Å². The van der Waals surface area contributed by atoms with Gasteiger partial charge in [0, 0.05) is 6.07 Å². The van der Waals surface area contributed by atoms with Crippen LogP contribution >= 0.6 is 46.1 Å². The van der Waals surface area contributed by atoms with Crippen LogP contribution in [0.5, 0.6) is 0 Å². The number of thioether (sulfide) groups is 1. The molecule has 0 aliphatic heterocycles. The Morgan fingerprint density at radius 1 is 1.35 bits per heavy atom. The summed E-state index contributed by atoms with van der Waals surface area (Å²) >= 11 is 5.04. The molecule has 0 radical (unpaired) electrons. The first-order valence-corrected chi connectivity index (χ1v) is 8.62. The Bertz CT molecular complexity index is 449. The number of aryl methyl sites for hydroxylation is 1. The molecule has 0 saturated carbocycles. The van der Waals surface area contributed by atoms with Crippen molar-refractivity contribution >= 4 is 46.1 Å². The van der Waals surface area contributed by atoms with Gasteiger partial charge in [0.2, 0.25) is 0 Å². The van der Waals surface area contributed by atoms with Crippen LogP contribution in [0.1, 0.15) is 0 Å². The Labute approximate surface area is 141 Å². The molecule has 0 saturated heterocycles. The molecule has 0 unspecified atom stereocenters. The molecule has 0 spiro atoms. The second kappa shape index (κ2) is 9.45. The van der Waals surface area contributed by atoms with Crippen molar-refractivity contribution in [3.63, 3.8) is 0 Å². The molecule has 0 fully saturated rings. The Morgan fingerprint density at radius 3 is 2.65 bits per heavy atom. The largest absolute Gasteiger partial charge is 1.00 e. The van der Waals surface area contributed by atoms with Crippen molar-refractivity contribution in [1.29, 1.82) is 0 Å². The van der Waals surface area contributed by atoms with Gasteiger partial charge in [-0.3, -0.25) is 0 Å². The van der Waals surface area contributed by atoms with Crippen LogP contribution in [0.4, 0.5) is 0 Å². The summed E-state index contributed by atoms with van der Waals surface area (Å²) in [7, 11) is 2.00. The van der Waals surface area contributed by atoms with E-state index in [1.54, 1.807) is 11.8 Å². The van der Waals surface area contributed by atoms with Gasteiger partial charge in [0.15, 0.2) is 12.4 Å². The summed E-state index contributed by atoms with van der Waals surface area (Å²) in [6.45, 7) is 0. The molecule has 94 valence electrons. The number of nitrogens with zero attached hydrogens (tertiary/aromatic N) is 3. The van der Waals surface area contributed by atoms with E-state index in [2.05, 4.69) is 43.6 Å². The average Bonchev–Trinajstić information content (AvgIpc) is 2.80. The third kappa shape index (κ3) is 4.95. The highest BCUT2D eigenvalue weighted by Crippen LogP contribution is 2.26. The minimum absolute atomic E-state index is 0. The fourth-order valence-electron chi connectivity index (χ4n) is 1.22. The first kappa shape index (κ1) is 17.5. The van der Waals surface area contributed by atoms with Crippen LogP contribution in [0.3, 0.4) is 0 Å². The number of alkyl halides is 1. The van der Waals surface area contributed by atoms with E-state index in [0.29, 0.717) is 0 Å². The molecule has 2 heterocycles. The molecule has 3 nitrogen and oxygen atoms in total. The molecular weight excluding hydrogens is 480 g/mol. The number of hydrogen-bond donors (Lipinski definition) is 0. The van der Waals surface area contributed by atoms with Gasteiger partial charge in [0.1, 0.15) is 17.8 Å². The molecule has 0 aliphatic rings. The van der Waals surface area contributed by atoms with E-state index in [4.69, 9.17) is 0 Å². The number of pyridine rings is 1. The predicted octanol–water partition coefficient (Wildman–Crippen LogP) is -0.193. The van der Waals surface area contributed by atoms with Crippen LogP contribution in [-0.2, 0) is 7.05 Å². The second-order valence-corrected chi connectivity index (χ2v) is 4.20. The maximum absolute atomic E-state index is 4.29. The van der Waals surface area contributed by atoms with Crippen LogP contribution in [0.25, 0.3) is 11.3 Å². The molecule has 0 aromatic carbocycles. The predicted molar refractivity (Wildman–Crippen MR) is 78.2 cm³/mol. The minimum atomic E-state index is 0. The highest BCUT2D eigenvalue weighted by Gasteiger charge is 2.11. The third-order valence-corrected chi connectivity index (χ3v) is 3.18. The van der Waals surface area contributed by atoms with E-state index in [9.17, 15) is 0 Å². The molecule has 0 amide bonds. The SMILES string of the molecule is CI.CSc1nsnc1-c1ccc[n+](C)c1.[I-]. The van der Waals surface area contributed by atoms with Crippen molar-refractivity contribution in [2.75, 3.05) is 11.2 Å². The maximum Gasteiger partial charge on any atom is 0.178 e. The fraction of sp³-hybridized carbons (Fsp3) is 0.300. The van der Waals surface area contributed by atoms with Crippen molar-refractivity contribution in [3.05, 3.63) is 24.5 Å². The van der Waals surface area contributed by atoms with E-state index in [-0.39, 0.29) is 24.0 Å². The zero-order valence-corrected chi connectivity index (χ0v) is 15.7. The summed E-state index contributed by atoms with van der Waals surface area (Å²) in [5.74, 6) is 0. The lowest BCUT2D eigenvalue weighted by Crippen LogP contribution is -3.00. The normalized spacial score (nSPS) is 8.94. The average molecular weight is 493 g/mol. The van der Waals surface area contributed by atoms with E-state index in [1.165, 1.54) is 11.7 Å². The molecule has 0 aliphatic carbocycles. The molecule has 2 rings (SSSR count). The summed E-state index contributed by atoms with van der Waals surface area (Å²) in [6, 6.07) is 4.06. The monoisotopic (exact) mass is 493 g/mol. The maximum atomic E-state index is 4.29. The standard InChI is InChI=1S/C9H10N3S2.CH3I.HI/c1-12-5-3-4-7(6-12)8-9(13-2)11-14-10-8;1-2;/h3-6H,1-2H3;1H3;1H/q+1;;/p-1. The first-order valence-electron chi connectivity index (χ1n) is 4.51. The highest BCUT2D eigenvalue weighted by molar-refractivity contribution is 14.1. The van der Waals surface area contributed by atoms with Gasteiger partial charge in [-0.25, -0.2) is 4.57 Å². The third-order valence-electron chi connectivity index (χ3n) is 1.86. The summed E-state index contributed by atoms with van der Waals surface area (Å²) in [5, 5.41) is 1.00. The van der Waals surface area contributed by atoms with Crippen molar-refractivity contribution < 1.29 is 28.5 Å². The molecule has 0 N–H and O–H groups in total. The zero-order valence-electron chi connectivity index (χ0n) is 9.72. The smallest absolute Gasteiger partial charge is 0.178 e. The molecule has 7 heteroatoms. The molecule has 0 atom stereocenters. The second-order valence-electron chi connectivity index (χ2n) is 2.88. The number of aromatic nitrogens is 3. The lowest BCUT2D eigenvalue weighted by molar-refractivity contribution is -0.671. The quantitative estimate of drug-likeness (QED) is 0.252. The summed E-state index contributed by atoms with van der Waals surface area (Å²) in [6.07, 6.45) is 6.07. The van der Waals surface area contributed by atoms with E-state index >= 15 is 0 Å². The van der Waals surface area contributed by atoms with Gasteiger partial charge >= 0.3 is 0 Å².